The molecule has 1 amide bonds. The molecule has 0 fully saturated rings. The van der Waals surface area contributed by atoms with Gasteiger partial charge in [-0.05, 0) is 38.8 Å². The van der Waals surface area contributed by atoms with Crippen molar-refractivity contribution in [1.29, 1.82) is 0 Å². The van der Waals surface area contributed by atoms with Crippen molar-refractivity contribution in [3.8, 4) is 0 Å². The van der Waals surface area contributed by atoms with Crippen LogP contribution in [0.25, 0.3) is 0 Å². The number of amides is 1. The van der Waals surface area contributed by atoms with Gasteiger partial charge in [0.05, 0.1) is 29.9 Å². The second-order valence-electron chi connectivity index (χ2n) is 7.87. The Balaban J connectivity index is 0.00000684. The molecule has 0 saturated heterocycles. The van der Waals surface area contributed by atoms with Crippen molar-refractivity contribution in [1.82, 2.24) is 15.4 Å². The van der Waals surface area contributed by atoms with Gasteiger partial charge in [-0.15, -0.1) is 12.4 Å². The Morgan fingerprint density at radius 3 is 2.51 bits per heavy atom. The third-order valence-corrected chi connectivity index (χ3v) is 7.92. The monoisotopic (exact) mass is 605 g/mol. The second kappa shape index (κ2) is 13.5. The molecule has 0 aromatic heterocycles. The Labute approximate surface area is 225 Å². The maximum atomic E-state index is 12.6. The molecule has 2 rings (SSSR count). The highest BCUT2D eigenvalue weighted by Crippen LogP contribution is 2.33. The fourth-order valence-electron chi connectivity index (χ4n) is 3.33. The first-order valence-electron chi connectivity index (χ1n) is 10.7. The van der Waals surface area contributed by atoms with Gasteiger partial charge < -0.3 is 20.5 Å². The normalized spacial score (nSPS) is 17.8. The summed E-state index contributed by atoms with van der Waals surface area (Å²) in [5.41, 5.74) is -0.000136. The predicted molar refractivity (Wildman–Crippen MR) is 135 cm³/mol. The molecular formula is C19H29Cl2N5O9S2. The number of primary sulfonamides is 1. The standard InChI is InChI=1S/C19H28ClN5O9S2.ClH/c1-3-34-19(29)12(23-10(2)18(27)28)5-4-6-22-17(26)9-16-24-13-7-11(20)14(35(21,30)31)8-15(13)36(32,33)25-16;/h7-8,10,12,16,23-25H,3-6,9H2,1-2H3,(H,22,26)(H,27,28)(H2,21,30,31);1H/t10-,12?,16?;/m0./s1. The predicted octanol–water partition coefficient (Wildman–Crippen LogP) is -0.280. The van der Waals surface area contributed by atoms with E-state index in [1.807, 2.05) is 0 Å². The Morgan fingerprint density at radius 2 is 1.95 bits per heavy atom. The molecule has 1 aliphatic rings. The minimum absolute atomic E-state index is 0. The number of fused-ring (bicyclic) bond motifs is 1. The molecule has 0 aliphatic carbocycles. The van der Waals surface area contributed by atoms with Crippen LogP contribution < -0.4 is 25.8 Å². The maximum Gasteiger partial charge on any atom is 0.323 e. The lowest BCUT2D eigenvalue weighted by Gasteiger charge is -2.28. The van der Waals surface area contributed by atoms with Crippen LogP contribution in [0.2, 0.25) is 5.02 Å². The summed E-state index contributed by atoms with van der Waals surface area (Å²) in [6.45, 7) is 3.25. The van der Waals surface area contributed by atoms with E-state index in [9.17, 15) is 31.2 Å². The highest BCUT2D eigenvalue weighted by atomic mass is 35.5. The minimum atomic E-state index is -4.27. The Hall–Kier alpha value is -2.21. The number of carbonyl (C=O) groups is 3. The molecule has 18 heteroatoms. The lowest BCUT2D eigenvalue weighted by molar-refractivity contribution is -0.147. The number of rotatable bonds is 12. The van der Waals surface area contributed by atoms with Gasteiger partial charge in [0.2, 0.25) is 26.0 Å². The largest absolute Gasteiger partial charge is 0.480 e. The van der Waals surface area contributed by atoms with Crippen LogP contribution in [0.4, 0.5) is 5.69 Å². The molecule has 0 spiro atoms. The van der Waals surface area contributed by atoms with E-state index in [1.165, 1.54) is 6.92 Å². The summed E-state index contributed by atoms with van der Waals surface area (Å²) in [5, 5.41) is 21.8. The lowest BCUT2D eigenvalue weighted by atomic mass is 10.1. The third-order valence-electron chi connectivity index (χ3n) is 5.03. The molecule has 1 heterocycles. The van der Waals surface area contributed by atoms with Crippen LogP contribution in [0.15, 0.2) is 21.9 Å². The van der Waals surface area contributed by atoms with E-state index in [4.69, 9.17) is 26.6 Å². The molecule has 2 unspecified atom stereocenters. The minimum Gasteiger partial charge on any atom is -0.480 e. The summed E-state index contributed by atoms with van der Waals surface area (Å²) >= 11 is 5.93. The fraction of sp³-hybridized carbons (Fsp3) is 0.526. The van der Waals surface area contributed by atoms with Gasteiger partial charge in [-0.2, -0.15) is 4.72 Å². The second-order valence-corrected chi connectivity index (χ2v) is 11.5. The van der Waals surface area contributed by atoms with Crippen LogP contribution in [0.3, 0.4) is 0 Å². The highest BCUT2D eigenvalue weighted by molar-refractivity contribution is 7.90. The van der Waals surface area contributed by atoms with Crippen LogP contribution in [0.5, 0.6) is 0 Å². The number of benzene rings is 1. The smallest absolute Gasteiger partial charge is 0.323 e. The Bertz CT molecular complexity index is 1230. The van der Waals surface area contributed by atoms with E-state index in [0.29, 0.717) is 6.42 Å². The number of aliphatic carboxylic acids is 1. The van der Waals surface area contributed by atoms with Crippen molar-refractivity contribution >= 4 is 67.6 Å². The molecule has 37 heavy (non-hydrogen) atoms. The van der Waals surface area contributed by atoms with Gasteiger partial charge in [-0.25, -0.2) is 22.0 Å². The molecule has 210 valence electrons. The maximum absolute atomic E-state index is 12.6. The first-order valence-corrected chi connectivity index (χ1v) is 14.1. The van der Waals surface area contributed by atoms with Crippen LogP contribution in [-0.2, 0) is 39.2 Å². The summed E-state index contributed by atoms with van der Waals surface area (Å²) in [6, 6.07) is 0.0540. The molecule has 14 nitrogen and oxygen atoms in total. The van der Waals surface area contributed by atoms with Gasteiger partial charge >= 0.3 is 11.9 Å². The number of carboxylic acid groups (broad SMARTS) is 1. The summed E-state index contributed by atoms with van der Waals surface area (Å²) in [7, 11) is -8.45. The van der Waals surface area contributed by atoms with Crippen molar-refractivity contribution in [2.45, 2.75) is 61.2 Å². The Morgan fingerprint density at radius 1 is 1.30 bits per heavy atom. The zero-order chi connectivity index (χ0) is 27.3. The molecule has 0 bridgehead atoms. The molecule has 0 saturated carbocycles. The van der Waals surface area contributed by atoms with Crippen molar-refractivity contribution < 1.29 is 41.1 Å². The fourth-order valence-corrected chi connectivity index (χ4v) is 5.82. The number of nitrogens with one attached hydrogen (secondary N) is 4. The van der Waals surface area contributed by atoms with E-state index in [0.717, 1.165) is 12.1 Å². The number of halogens is 2. The first kappa shape index (κ1) is 32.8. The topological polar surface area (TPSA) is 223 Å². The zero-order valence-electron chi connectivity index (χ0n) is 19.8. The van der Waals surface area contributed by atoms with Gasteiger partial charge in [0.25, 0.3) is 0 Å². The van der Waals surface area contributed by atoms with E-state index in [1.54, 1.807) is 6.92 Å². The van der Waals surface area contributed by atoms with Gasteiger partial charge in [0, 0.05) is 6.54 Å². The summed E-state index contributed by atoms with van der Waals surface area (Å²) in [5.74, 6) is -2.27. The molecule has 1 aromatic rings. The first-order chi connectivity index (χ1) is 16.7. The van der Waals surface area contributed by atoms with E-state index >= 15 is 0 Å². The van der Waals surface area contributed by atoms with Crippen molar-refractivity contribution in [3.05, 3.63) is 17.2 Å². The average molecular weight is 607 g/mol. The third kappa shape index (κ3) is 9.24. The number of hydrogen-bond donors (Lipinski definition) is 6. The SMILES string of the molecule is CCOC(=O)C(CCCNC(=O)CC1Nc2cc(Cl)c(S(N)(=O)=O)cc2S(=O)(=O)N1)N[C@@H](C)C(=O)O.Cl. The number of esters is 1. The molecule has 7 N–H and O–H groups in total. The molecule has 0 radical (unpaired) electrons. The lowest BCUT2D eigenvalue weighted by Crippen LogP contribution is -2.48. The van der Waals surface area contributed by atoms with Crippen LogP contribution in [0.1, 0.15) is 33.1 Å². The quantitative estimate of drug-likeness (QED) is 0.134. The van der Waals surface area contributed by atoms with Crippen LogP contribution in [-0.4, -0.2) is 71.2 Å². The number of hydrogen-bond acceptors (Lipinski definition) is 10. The van der Waals surface area contributed by atoms with E-state index in [2.05, 4.69) is 20.7 Å². The highest BCUT2D eigenvalue weighted by Gasteiger charge is 2.33. The summed E-state index contributed by atoms with van der Waals surface area (Å²) in [6.07, 6.45) is -0.886. The summed E-state index contributed by atoms with van der Waals surface area (Å²) in [4.78, 5) is 34.5. The number of sulfonamides is 2. The zero-order valence-corrected chi connectivity index (χ0v) is 23.0. The number of nitrogens with two attached hydrogens (primary N) is 1. The van der Waals surface area contributed by atoms with Gasteiger partial charge in [-0.3, -0.25) is 19.7 Å². The van der Waals surface area contributed by atoms with Crippen molar-refractivity contribution in [2.75, 3.05) is 18.5 Å². The number of ether oxygens (including phenoxy) is 1. The summed E-state index contributed by atoms with van der Waals surface area (Å²) < 4.78 is 55.6. The van der Waals surface area contributed by atoms with Crippen LogP contribution in [0, 0.1) is 0 Å². The number of carboxylic acids is 1. The van der Waals surface area contributed by atoms with E-state index < -0.39 is 61.0 Å². The van der Waals surface area contributed by atoms with E-state index in [-0.39, 0.29) is 54.0 Å². The van der Waals surface area contributed by atoms with Crippen molar-refractivity contribution in [3.63, 3.8) is 0 Å². The molecule has 3 atom stereocenters. The van der Waals surface area contributed by atoms with Gasteiger partial charge in [0.1, 0.15) is 21.9 Å². The van der Waals surface area contributed by atoms with Crippen LogP contribution >= 0.6 is 24.0 Å². The number of anilines is 1. The molecular weight excluding hydrogens is 577 g/mol. The Kier molecular flexibility index (Phi) is 12.0. The molecule has 1 aromatic carbocycles. The van der Waals surface area contributed by atoms with Gasteiger partial charge in [-0.1, -0.05) is 11.6 Å². The average Bonchev–Trinajstić information content (AvgIpc) is 2.73. The van der Waals surface area contributed by atoms with Crippen molar-refractivity contribution in [2.24, 2.45) is 5.14 Å². The number of carbonyl (C=O) groups excluding carboxylic acids is 2. The van der Waals surface area contributed by atoms with Gasteiger partial charge in [0.15, 0.2) is 0 Å². The molecule has 1 aliphatic heterocycles.